The summed E-state index contributed by atoms with van der Waals surface area (Å²) < 4.78 is 7.82. The van der Waals surface area contributed by atoms with Crippen molar-refractivity contribution < 1.29 is 9.53 Å². The Balaban J connectivity index is 1.62. The Kier molecular flexibility index (Phi) is 6.41. The van der Waals surface area contributed by atoms with E-state index in [1.807, 2.05) is 41.8 Å². The van der Waals surface area contributed by atoms with E-state index in [4.69, 9.17) is 17.0 Å². The number of aryl methyl sites for hydroxylation is 1. The number of carbonyl (C=O) groups excluding carboxylic acids is 1. The summed E-state index contributed by atoms with van der Waals surface area (Å²) in [6.45, 7) is 5.65. The van der Waals surface area contributed by atoms with Gasteiger partial charge in [-0.25, -0.2) is 0 Å². The van der Waals surface area contributed by atoms with E-state index in [2.05, 4.69) is 28.5 Å². The van der Waals surface area contributed by atoms with Crippen LogP contribution in [-0.2, 0) is 17.9 Å². The lowest BCUT2D eigenvalue weighted by Gasteiger charge is -2.08. The number of H-pyrrole nitrogens is 1. The summed E-state index contributed by atoms with van der Waals surface area (Å²) in [6, 6.07) is 11.8. The van der Waals surface area contributed by atoms with Crippen LogP contribution in [0.25, 0.3) is 11.4 Å². The van der Waals surface area contributed by atoms with Crippen molar-refractivity contribution in [1.29, 1.82) is 0 Å². The first-order chi connectivity index (χ1) is 13.1. The van der Waals surface area contributed by atoms with Crippen LogP contribution < -0.4 is 10.1 Å². The topological polar surface area (TPSA) is 71.9 Å². The molecule has 27 heavy (non-hydrogen) atoms. The second-order valence-electron chi connectivity index (χ2n) is 6.00. The number of nitrogens with one attached hydrogen (secondary N) is 2. The third kappa shape index (κ3) is 5.05. The standard InChI is InChI=1S/C19H22N4O2S2/c1-3-25-15-7-5-14(6-8-15)18-21-22-19(26)23(18)11-10-17(24)20-12-16-9-4-13(2)27-16/h4-9H,3,10-12H2,1-2H3,(H,20,24)(H,22,26). The Morgan fingerprint density at radius 1 is 1.30 bits per heavy atom. The molecule has 2 heterocycles. The molecule has 0 radical (unpaired) electrons. The number of aromatic amines is 1. The number of carbonyl (C=O) groups is 1. The number of nitrogens with zero attached hydrogens (tertiary/aromatic N) is 2. The SMILES string of the molecule is CCOc1ccc(-c2n[nH]c(=S)n2CCC(=O)NCc2ccc(C)s2)cc1. The van der Waals surface area contributed by atoms with Crippen molar-refractivity contribution in [1.82, 2.24) is 20.1 Å². The molecule has 0 saturated carbocycles. The Labute approximate surface area is 167 Å². The summed E-state index contributed by atoms with van der Waals surface area (Å²) in [6.07, 6.45) is 0.336. The van der Waals surface area contributed by atoms with Gasteiger partial charge in [0.05, 0.1) is 13.2 Å². The lowest BCUT2D eigenvalue weighted by molar-refractivity contribution is -0.121. The van der Waals surface area contributed by atoms with Crippen molar-refractivity contribution in [2.75, 3.05) is 6.61 Å². The summed E-state index contributed by atoms with van der Waals surface area (Å²) in [5.74, 6) is 1.51. The van der Waals surface area contributed by atoms with Crippen LogP contribution in [0.5, 0.6) is 5.75 Å². The highest BCUT2D eigenvalue weighted by Gasteiger charge is 2.11. The van der Waals surface area contributed by atoms with E-state index in [9.17, 15) is 4.79 Å². The monoisotopic (exact) mass is 402 g/mol. The molecule has 1 amide bonds. The van der Waals surface area contributed by atoms with Crippen molar-refractivity contribution >= 4 is 29.5 Å². The van der Waals surface area contributed by atoms with Gasteiger partial charge < -0.3 is 10.1 Å². The van der Waals surface area contributed by atoms with Crippen molar-refractivity contribution in [3.8, 4) is 17.1 Å². The average molecular weight is 403 g/mol. The molecule has 2 aromatic heterocycles. The van der Waals surface area contributed by atoms with Crippen LogP contribution in [0.1, 0.15) is 23.1 Å². The van der Waals surface area contributed by atoms with E-state index in [1.165, 1.54) is 4.88 Å². The van der Waals surface area contributed by atoms with Gasteiger partial charge in [-0.1, -0.05) is 0 Å². The molecule has 8 heteroatoms. The molecule has 3 rings (SSSR count). The van der Waals surface area contributed by atoms with Crippen LogP contribution >= 0.6 is 23.6 Å². The number of rotatable bonds is 8. The fourth-order valence-corrected chi connectivity index (χ4v) is 3.73. The highest BCUT2D eigenvalue weighted by Crippen LogP contribution is 2.21. The predicted molar refractivity (Wildman–Crippen MR) is 110 cm³/mol. The van der Waals surface area contributed by atoms with Crippen LogP contribution in [0.3, 0.4) is 0 Å². The molecule has 1 aromatic carbocycles. The van der Waals surface area contributed by atoms with Gasteiger partial charge in [-0.05, 0) is 62.5 Å². The van der Waals surface area contributed by atoms with Gasteiger partial charge in [-0.15, -0.1) is 11.3 Å². The van der Waals surface area contributed by atoms with E-state index < -0.39 is 0 Å². The molecule has 6 nitrogen and oxygen atoms in total. The first-order valence-corrected chi connectivity index (χ1v) is 9.99. The maximum Gasteiger partial charge on any atom is 0.222 e. The summed E-state index contributed by atoms with van der Waals surface area (Å²) >= 11 is 7.02. The molecule has 0 fully saturated rings. The van der Waals surface area contributed by atoms with E-state index in [1.54, 1.807) is 11.3 Å². The Morgan fingerprint density at radius 2 is 2.07 bits per heavy atom. The third-order valence-corrected chi connectivity index (χ3v) is 5.31. The molecule has 0 spiro atoms. The zero-order valence-corrected chi connectivity index (χ0v) is 17.0. The quantitative estimate of drug-likeness (QED) is 0.557. The fraction of sp³-hybridized carbons (Fsp3) is 0.316. The molecule has 0 unspecified atom stereocenters. The zero-order valence-electron chi connectivity index (χ0n) is 15.3. The summed E-state index contributed by atoms with van der Waals surface area (Å²) in [5, 5.41) is 10.1. The summed E-state index contributed by atoms with van der Waals surface area (Å²) in [5.41, 5.74) is 0.917. The van der Waals surface area contributed by atoms with E-state index >= 15 is 0 Å². The number of aromatic nitrogens is 3. The van der Waals surface area contributed by atoms with Gasteiger partial charge >= 0.3 is 0 Å². The van der Waals surface area contributed by atoms with Gasteiger partial charge in [0, 0.05) is 28.3 Å². The molecule has 0 aliphatic heterocycles. The zero-order chi connectivity index (χ0) is 19.2. The summed E-state index contributed by atoms with van der Waals surface area (Å²) in [4.78, 5) is 14.6. The van der Waals surface area contributed by atoms with Crippen molar-refractivity contribution in [2.24, 2.45) is 0 Å². The highest BCUT2D eigenvalue weighted by molar-refractivity contribution is 7.71. The largest absolute Gasteiger partial charge is 0.494 e. The lowest BCUT2D eigenvalue weighted by atomic mass is 10.2. The predicted octanol–water partition coefficient (Wildman–Crippen LogP) is 4.08. The maximum absolute atomic E-state index is 12.2. The number of ether oxygens (including phenoxy) is 1. The van der Waals surface area contributed by atoms with Gasteiger partial charge in [-0.3, -0.25) is 14.5 Å². The van der Waals surface area contributed by atoms with Crippen molar-refractivity contribution in [3.63, 3.8) is 0 Å². The Bertz CT molecular complexity index is 957. The third-order valence-electron chi connectivity index (χ3n) is 4.00. The first-order valence-electron chi connectivity index (χ1n) is 8.77. The Hall–Kier alpha value is -2.45. The normalized spacial score (nSPS) is 10.7. The van der Waals surface area contributed by atoms with Gasteiger partial charge in [0.15, 0.2) is 10.6 Å². The van der Waals surface area contributed by atoms with Crippen LogP contribution in [-0.4, -0.2) is 27.3 Å². The first kappa shape index (κ1) is 19.3. The minimum Gasteiger partial charge on any atom is -0.494 e. The minimum atomic E-state index is -0.0122. The molecular formula is C19H22N4O2S2. The number of amides is 1. The fourth-order valence-electron chi connectivity index (χ4n) is 2.68. The number of hydrogen-bond donors (Lipinski definition) is 2. The minimum absolute atomic E-state index is 0.0122. The van der Waals surface area contributed by atoms with E-state index in [0.29, 0.717) is 36.7 Å². The summed E-state index contributed by atoms with van der Waals surface area (Å²) in [7, 11) is 0. The highest BCUT2D eigenvalue weighted by atomic mass is 32.1. The number of benzene rings is 1. The van der Waals surface area contributed by atoms with Crippen molar-refractivity contribution in [2.45, 2.75) is 33.4 Å². The van der Waals surface area contributed by atoms with Crippen LogP contribution in [0, 0.1) is 11.7 Å². The molecule has 0 aliphatic carbocycles. The molecule has 0 aliphatic rings. The van der Waals surface area contributed by atoms with Crippen LogP contribution in [0.15, 0.2) is 36.4 Å². The molecule has 142 valence electrons. The lowest BCUT2D eigenvalue weighted by Crippen LogP contribution is -2.23. The molecule has 0 saturated heterocycles. The second kappa shape index (κ2) is 8.96. The van der Waals surface area contributed by atoms with Gasteiger partial charge in [0.25, 0.3) is 0 Å². The molecule has 0 bridgehead atoms. The maximum atomic E-state index is 12.2. The van der Waals surface area contributed by atoms with Gasteiger partial charge in [0.1, 0.15) is 5.75 Å². The average Bonchev–Trinajstić information content (AvgIpc) is 3.24. The van der Waals surface area contributed by atoms with Crippen LogP contribution in [0.2, 0.25) is 0 Å². The van der Waals surface area contributed by atoms with Crippen molar-refractivity contribution in [3.05, 3.63) is 50.9 Å². The molecule has 0 atom stereocenters. The molecular weight excluding hydrogens is 380 g/mol. The second-order valence-corrected chi connectivity index (χ2v) is 7.76. The van der Waals surface area contributed by atoms with Gasteiger partial charge in [0.2, 0.25) is 5.91 Å². The van der Waals surface area contributed by atoms with E-state index in [0.717, 1.165) is 16.2 Å². The number of thiophene rings is 1. The van der Waals surface area contributed by atoms with E-state index in [-0.39, 0.29) is 5.91 Å². The molecule has 2 N–H and O–H groups in total. The number of hydrogen-bond acceptors (Lipinski definition) is 5. The Morgan fingerprint density at radius 3 is 2.74 bits per heavy atom. The smallest absolute Gasteiger partial charge is 0.222 e. The van der Waals surface area contributed by atoms with Crippen LogP contribution in [0.4, 0.5) is 0 Å². The van der Waals surface area contributed by atoms with Gasteiger partial charge in [-0.2, -0.15) is 5.10 Å². The molecule has 3 aromatic rings.